The van der Waals surface area contributed by atoms with Crippen LogP contribution in [-0.4, -0.2) is 4.57 Å². The van der Waals surface area contributed by atoms with Crippen LogP contribution in [0.4, 0.5) is 0 Å². The van der Waals surface area contributed by atoms with E-state index in [9.17, 15) is 4.79 Å². The molecule has 0 saturated heterocycles. The van der Waals surface area contributed by atoms with E-state index in [2.05, 4.69) is 13.8 Å². The molecule has 0 aliphatic heterocycles. The van der Waals surface area contributed by atoms with Gasteiger partial charge in [-0.1, -0.05) is 20.3 Å². The quantitative estimate of drug-likeness (QED) is 0.756. The van der Waals surface area contributed by atoms with Crippen molar-refractivity contribution in [1.82, 2.24) is 4.57 Å². The number of nitrogens with zero attached hydrogens (tertiary/aromatic N) is 2. The van der Waals surface area contributed by atoms with Crippen molar-refractivity contribution in [2.75, 3.05) is 0 Å². The molecule has 0 radical (unpaired) electrons. The lowest BCUT2D eigenvalue weighted by molar-refractivity contribution is 0.453. The lowest BCUT2D eigenvalue weighted by atomic mass is 10.1. The Hall–Kier alpha value is -1.56. The first-order chi connectivity index (χ1) is 7.10. The number of nitriles is 1. The average Bonchev–Trinajstić information content (AvgIpc) is 2.24. The third-order valence-electron chi connectivity index (χ3n) is 2.70. The maximum Gasteiger partial charge on any atom is 0.268 e. The molecule has 1 aromatic rings. The molecule has 0 aliphatic carbocycles. The molecule has 0 saturated carbocycles. The van der Waals surface area contributed by atoms with Crippen LogP contribution in [0, 0.1) is 24.2 Å². The van der Waals surface area contributed by atoms with E-state index in [1.165, 1.54) is 0 Å². The SMILES string of the molecule is CCC(C)Cn1c(C)ccc(C#N)c1=O. The first-order valence-corrected chi connectivity index (χ1v) is 5.20. The van der Waals surface area contributed by atoms with Gasteiger partial charge in [0.2, 0.25) is 0 Å². The van der Waals surface area contributed by atoms with Gasteiger partial charge in [0.15, 0.2) is 0 Å². The zero-order chi connectivity index (χ0) is 11.4. The van der Waals surface area contributed by atoms with Crippen molar-refractivity contribution >= 4 is 0 Å². The fourth-order valence-electron chi connectivity index (χ4n) is 1.42. The Kier molecular flexibility index (Phi) is 3.68. The summed E-state index contributed by atoms with van der Waals surface area (Å²) in [5.41, 5.74) is 0.973. The highest BCUT2D eigenvalue weighted by atomic mass is 16.1. The van der Waals surface area contributed by atoms with Gasteiger partial charge in [-0.3, -0.25) is 4.79 Å². The second kappa shape index (κ2) is 4.79. The monoisotopic (exact) mass is 204 g/mol. The van der Waals surface area contributed by atoms with Gasteiger partial charge in [-0.15, -0.1) is 0 Å². The van der Waals surface area contributed by atoms with E-state index in [-0.39, 0.29) is 11.1 Å². The van der Waals surface area contributed by atoms with Gasteiger partial charge in [0.05, 0.1) is 0 Å². The fraction of sp³-hybridized carbons (Fsp3) is 0.500. The summed E-state index contributed by atoms with van der Waals surface area (Å²) >= 11 is 0. The van der Waals surface area contributed by atoms with Crippen LogP contribution in [0.3, 0.4) is 0 Å². The van der Waals surface area contributed by atoms with Crippen LogP contribution in [0.25, 0.3) is 0 Å². The molecule has 0 spiro atoms. The Bertz CT molecular complexity index is 440. The molecule has 3 nitrogen and oxygen atoms in total. The minimum Gasteiger partial charge on any atom is -0.312 e. The van der Waals surface area contributed by atoms with Crippen molar-refractivity contribution in [3.8, 4) is 6.07 Å². The minimum absolute atomic E-state index is 0.169. The van der Waals surface area contributed by atoms with E-state index in [1.807, 2.05) is 19.1 Å². The largest absolute Gasteiger partial charge is 0.312 e. The van der Waals surface area contributed by atoms with Gasteiger partial charge < -0.3 is 4.57 Å². The molecule has 0 aliphatic rings. The zero-order valence-corrected chi connectivity index (χ0v) is 9.45. The van der Waals surface area contributed by atoms with Crippen molar-refractivity contribution in [3.05, 3.63) is 33.7 Å². The predicted molar refractivity (Wildman–Crippen MR) is 59.6 cm³/mol. The van der Waals surface area contributed by atoms with E-state index in [1.54, 1.807) is 10.6 Å². The molecular formula is C12H16N2O. The maximum absolute atomic E-state index is 11.8. The molecule has 0 amide bonds. The molecule has 0 aromatic carbocycles. The highest BCUT2D eigenvalue weighted by molar-refractivity contribution is 5.27. The summed E-state index contributed by atoms with van der Waals surface area (Å²) in [4.78, 5) is 11.8. The predicted octanol–water partition coefficient (Wildman–Crippen LogP) is 2.07. The molecule has 1 unspecified atom stereocenters. The van der Waals surface area contributed by atoms with Crippen LogP contribution in [-0.2, 0) is 6.54 Å². The smallest absolute Gasteiger partial charge is 0.268 e. The molecule has 1 heterocycles. The summed E-state index contributed by atoms with van der Waals surface area (Å²) in [6, 6.07) is 5.33. The summed E-state index contributed by atoms with van der Waals surface area (Å²) in [5.74, 6) is 0.454. The molecule has 80 valence electrons. The van der Waals surface area contributed by atoms with Crippen LogP contribution >= 0.6 is 0 Å². The van der Waals surface area contributed by atoms with E-state index < -0.39 is 0 Å². The molecule has 1 atom stereocenters. The van der Waals surface area contributed by atoms with Crippen LogP contribution in [0.2, 0.25) is 0 Å². The van der Waals surface area contributed by atoms with Crippen LogP contribution in [0.1, 0.15) is 31.5 Å². The Balaban J connectivity index is 3.17. The summed E-state index contributed by atoms with van der Waals surface area (Å²) < 4.78 is 1.69. The molecule has 0 N–H and O–H groups in total. The van der Waals surface area contributed by atoms with E-state index in [4.69, 9.17) is 5.26 Å². The van der Waals surface area contributed by atoms with Crippen molar-refractivity contribution in [2.45, 2.75) is 33.7 Å². The van der Waals surface area contributed by atoms with Gasteiger partial charge >= 0.3 is 0 Å². The second-order valence-corrected chi connectivity index (χ2v) is 3.93. The molecule has 1 rings (SSSR count). The highest BCUT2D eigenvalue weighted by Gasteiger charge is 2.08. The highest BCUT2D eigenvalue weighted by Crippen LogP contribution is 2.06. The molecule has 1 aromatic heterocycles. The molecule has 0 fully saturated rings. The normalized spacial score (nSPS) is 12.1. The number of hydrogen-bond acceptors (Lipinski definition) is 2. The van der Waals surface area contributed by atoms with Gasteiger partial charge in [-0.2, -0.15) is 5.26 Å². The van der Waals surface area contributed by atoms with Crippen LogP contribution in [0.5, 0.6) is 0 Å². The fourth-order valence-corrected chi connectivity index (χ4v) is 1.42. The Labute approximate surface area is 90.0 Å². The molecule has 0 bridgehead atoms. The molecule has 3 heteroatoms. The van der Waals surface area contributed by atoms with Gasteiger partial charge in [0.1, 0.15) is 11.6 Å². The topological polar surface area (TPSA) is 45.8 Å². The third kappa shape index (κ3) is 2.47. The summed E-state index contributed by atoms with van der Waals surface area (Å²) in [6.07, 6.45) is 1.03. The lowest BCUT2D eigenvalue weighted by Crippen LogP contribution is -2.26. The molecular weight excluding hydrogens is 188 g/mol. The maximum atomic E-state index is 11.8. The number of rotatable bonds is 3. The first kappa shape index (κ1) is 11.5. The van der Waals surface area contributed by atoms with Gasteiger partial charge in [0.25, 0.3) is 5.56 Å². The zero-order valence-electron chi connectivity index (χ0n) is 9.45. The van der Waals surface area contributed by atoms with Crippen molar-refractivity contribution in [3.63, 3.8) is 0 Å². The average molecular weight is 204 g/mol. The van der Waals surface area contributed by atoms with Crippen molar-refractivity contribution < 1.29 is 0 Å². The first-order valence-electron chi connectivity index (χ1n) is 5.20. The Morgan fingerprint density at radius 2 is 2.20 bits per heavy atom. The van der Waals surface area contributed by atoms with Gasteiger partial charge in [-0.25, -0.2) is 0 Å². The second-order valence-electron chi connectivity index (χ2n) is 3.93. The Morgan fingerprint density at radius 3 is 2.73 bits per heavy atom. The van der Waals surface area contributed by atoms with Crippen LogP contribution < -0.4 is 5.56 Å². The minimum atomic E-state index is -0.169. The van der Waals surface area contributed by atoms with Crippen molar-refractivity contribution in [1.29, 1.82) is 5.26 Å². The summed E-state index contributed by atoms with van der Waals surface area (Å²) in [5, 5.41) is 8.76. The lowest BCUT2D eigenvalue weighted by Gasteiger charge is -2.14. The van der Waals surface area contributed by atoms with E-state index in [0.29, 0.717) is 12.5 Å². The summed E-state index contributed by atoms with van der Waals surface area (Å²) in [6.45, 7) is 6.78. The number of aryl methyl sites for hydroxylation is 1. The third-order valence-corrected chi connectivity index (χ3v) is 2.70. The van der Waals surface area contributed by atoms with E-state index in [0.717, 1.165) is 12.1 Å². The summed E-state index contributed by atoms with van der Waals surface area (Å²) in [7, 11) is 0. The number of aromatic nitrogens is 1. The number of hydrogen-bond donors (Lipinski definition) is 0. The Morgan fingerprint density at radius 1 is 1.53 bits per heavy atom. The van der Waals surface area contributed by atoms with Gasteiger partial charge in [0, 0.05) is 12.2 Å². The molecule has 15 heavy (non-hydrogen) atoms. The van der Waals surface area contributed by atoms with Crippen molar-refractivity contribution in [2.24, 2.45) is 5.92 Å². The number of pyridine rings is 1. The van der Waals surface area contributed by atoms with Gasteiger partial charge in [-0.05, 0) is 25.0 Å². The standard InChI is InChI=1S/C12H16N2O/c1-4-9(2)8-14-10(3)5-6-11(7-13)12(14)15/h5-6,9H,4,8H2,1-3H3. The van der Waals surface area contributed by atoms with E-state index >= 15 is 0 Å². The van der Waals surface area contributed by atoms with Crippen LogP contribution in [0.15, 0.2) is 16.9 Å².